The Morgan fingerprint density at radius 2 is 1.97 bits per heavy atom. The lowest BCUT2D eigenvalue weighted by Gasteiger charge is -2.29. The second kappa shape index (κ2) is 9.69. The average molecular weight is 524 g/mol. The number of halogens is 1. The number of amides is 1. The van der Waals surface area contributed by atoms with Gasteiger partial charge in [0.05, 0.1) is 17.4 Å². The second-order valence-corrected chi connectivity index (χ2v) is 10.9. The number of aromatic amines is 1. The number of imidazole rings is 1. The fraction of sp³-hybridized carbons (Fsp3) is 0.258. The van der Waals surface area contributed by atoms with E-state index in [2.05, 4.69) is 39.2 Å². The van der Waals surface area contributed by atoms with E-state index in [4.69, 9.17) is 4.74 Å². The number of ether oxygens (including phenoxy) is 1. The van der Waals surface area contributed by atoms with Gasteiger partial charge in [-0.05, 0) is 85.9 Å². The van der Waals surface area contributed by atoms with Crippen molar-refractivity contribution in [2.24, 2.45) is 0 Å². The Morgan fingerprint density at radius 3 is 2.74 bits per heavy atom. The molecule has 4 heterocycles. The molecule has 2 aromatic carbocycles. The van der Waals surface area contributed by atoms with E-state index in [1.165, 1.54) is 6.07 Å². The minimum absolute atomic E-state index is 0.245. The molecule has 0 radical (unpaired) electrons. The molecule has 1 N–H and O–H groups in total. The molecule has 1 aliphatic rings. The summed E-state index contributed by atoms with van der Waals surface area (Å²) in [6.07, 6.45) is 6.13. The zero-order valence-electron chi connectivity index (χ0n) is 22.2. The lowest BCUT2D eigenvalue weighted by molar-refractivity contribution is 0.0270. The quantitative estimate of drug-likeness (QED) is 0.281. The van der Waals surface area contributed by atoms with Crippen LogP contribution < -0.4 is 0 Å². The number of nitrogens with one attached hydrogen (secondary N) is 1. The normalized spacial score (nSPS) is 14.2. The van der Waals surface area contributed by atoms with E-state index >= 15 is 0 Å². The number of hydrogen-bond donors (Lipinski definition) is 1. The highest BCUT2D eigenvalue weighted by Gasteiger charge is 2.24. The van der Waals surface area contributed by atoms with E-state index < -0.39 is 5.60 Å². The summed E-state index contributed by atoms with van der Waals surface area (Å²) in [5.74, 6) is -0.245. The van der Waals surface area contributed by atoms with Gasteiger partial charge < -0.3 is 19.2 Å². The third-order valence-electron chi connectivity index (χ3n) is 6.91. The maximum atomic E-state index is 13.7. The predicted molar refractivity (Wildman–Crippen MR) is 151 cm³/mol. The number of hydrogen-bond acceptors (Lipinski definition) is 4. The molecule has 0 saturated heterocycles. The molecule has 1 aliphatic heterocycles. The number of pyridine rings is 1. The Kier molecular flexibility index (Phi) is 6.17. The van der Waals surface area contributed by atoms with Crippen molar-refractivity contribution in [3.63, 3.8) is 0 Å². The molecule has 3 aromatic heterocycles. The van der Waals surface area contributed by atoms with Crippen LogP contribution in [-0.4, -0.2) is 49.2 Å². The van der Waals surface area contributed by atoms with Gasteiger partial charge in [0.2, 0.25) is 0 Å². The lowest BCUT2D eigenvalue weighted by atomic mass is 10.0. The van der Waals surface area contributed by atoms with Crippen molar-refractivity contribution < 1.29 is 13.9 Å². The monoisotopic (exact) mass is 523 g/mol. The predicted octanol–water partition coefficient (Wildman–Crippen LogP) is 6.79. The van der Waals surface area contributed by atoms with E-state index in [-0.39, 0.29) is 11.9 Å². The first-order chi connectivity index (χ1) is 18.7. The van der Waals surface area contributed by atoms with Gasteiger partial charge in [-0.2, -0.15) is 0 Å². The zero-order chi connectivity index (χ0) is 27.1. The molecule has 0 atom stereocenters. The summed E-state index contributed by atoms with van der Waals surface area (Å²) in [4.78, 5) is 26.8. The number of aromatic nitrogens is 4. The van der Waals surface area contributed by atoms with Gasteiger partial charge in [-0.15, -0.1) is 0 Å². The van der Waals surface area contributed by atoms with Gasteiger partial charge in [0, 0.05) is 36.9 Å². The van der Waals surface area contributed by atoms with Crippen LogP contribution in [0.5, 0.6) is 0 Å². The first-order valence-electron chi connectivity index (χ1n) is 13.1. The molecule has 0 saturated carbocycles. The largest absolute Gasteiger partial charge is 0.444 e. The van der Waals surface area contributed by atoms with E-state index in [0.717, 1.165) is 56.4 Å². The van der Waals surface area contributed by atoms with Crippen molar-refractivity contribution >= 4 is 33.7 Å². The summed E-state index contributed by atoms with van der Waals surface area (Å²) in [6.45, 7) is 7.27. The fourth-order valence-electron chi connectivity index (χ4n) is 5.04. The van der Waals surface area contributed by atoms with Crippen LogP contribution in [0.2, 0.25) is 0 Å². The highest BCUT2D eigenvalue weighted by atomic mass is 19.1. The van der Waals surface area contributed by atoms with Crippen LogP contribution in [-0.2, 0) is 11.3 Å². The molecule has 0 unspecified atom stereocenters. The van der Waals surface area contributed by atoms with Crippen molar-refractivity contribution in [1.82, 2.24) is 24.4 Å². The standard InChI is InChI=1S/C31H30FN5O2/c1-31(2,3)39-30(38)36-13-10-21(11-14-36)27-17-25-24(9-12-33-29(25)35-27)22-7-8-26-28(16-22)37(19-34-26)18-20-5-4-6-23(32)15-20/h4-10,12,15-17,19H,11,13-14,18H2,1-3H3,(H,33,35). The van der Waals surface area contributed by atoms with E-state index in [0.29, 0.717) is 19.6 Å². The number of nitrogens with zero attached hydrogens (tertiary/aromatic N) is 4. The van der Waals surface area contributed by atoms with Crippen LogP contribution in [0.1, 0.15) is 38.4 Å². The fourth-order valence-corrected chi connectivity index (χ4v) is 5.04. The van der Waals surface area contributed by atoms with Crippen molar-refractivity contribution in [1.29, 1.82) is 0 Å². The number of carbonyl (C=O) groups excluding carboxylic acids is 1. The molecule has 1 amide bonds. The Labute approximate surface area is 225 Å². The summed E-state index contributed by atoms with van der Waals surface area (Å²) < 4.78 is 21.3. The molecule has 7 nitrogen and oxygen atoms in total. The van der Waals surface area contributed by atoms with Gasteiger partial charge in [-0.3, -0.25) is 0 Å². The number of fused-ring (bicyclic) bond motifs is 2. The van der Waals surface area contributed by atoms with Crippen molar-refractivity contribution in [2.75, 3.05) is 13.1 Å². The molecule has 0 fully saturated rings. The summed E-state index contributed by atoms with van der Waals surface area (Å²) in [6, 6.07) is 17.0. The summed E-state index contributed by atoms with van der Waals surface area (Å²) in [5, 5.41) is 1.03. The third-order valence-corrected chi connectivity index (χ3v) is 6.91. The van der Waals surface area contributed by atoms with Crippen molar-refractivity contribution in [2.45, 2.75) is 39.3 Å². The highest BCUT2D eigenvalue weighted by molar-refractivity contribution is 5.97. The molecule has 0 bridgehead atoms. The molecular weight excluding hydrogens is 493 g/mol. The van der Waals surface area contributed by atoms with Crippen LogP contribution in [0.15, 0.2) is 73.2 Å². The second-order valence-electron chi connectivity index (χ2n) is 10.9. The van der Waals surface area contributed by atoms with Crippen LogP contribution in [0.3, 0.4) is 0 Å². The van der Waals surface area contributed by atoms with Crippen LogP contribution in [0, 0.1) is 5.82 Å². The summed E-state index contributed by atoms with van der Waals surface area (Å²) in [7, 11) is 0. The molecule has 0 spiro atoms. The van der Waals surface area contributed by atoms with Gasteiger partial charge in [-0.25, -0.2) is 19.2 Å². The first-order valence-corrected chi connectivity index (χ1v) is 13.1. The van der Waals surface area contributed by atoms with Crippen molar-refractivity contribution in [3.8, 4) is 11.1 Å². The van der Waals surface area contributed by atoms with Gasteiger partial charge in [0.1, 0.15) is 17.1 Å². The molecule has 198 valence electrons. The minimum atomic E-state index is -0.513. The van der Waals surface area contributed by atoms with Crippen LogP contribution in [0.4, 0.5) is 9.18 Å². The molecule has 0 aliphatic carbocycles. The first kappa shape index (κ1) is 24.9. The Balaban J connectivity index is 1.29. The van der Waals surface area contributed by atoms with E-state index in [1.54, 1.807) is 23.4 Å². The average Bonchev–Trinajstić information content (AvgIpc) is 3.52. The summed E-state index contributed by atoms with van der Waals surface area (Å²) in [5.41, 5.74) is 7.32. The van der Waals surface area contributed by atoms with Crippen LogP contribution in [0.25, 0.3) is 38.8 Å². The maximum Gasteiger partial charge on any atom is 0.410 e. The lowest BCUT2D eigenvalue weighted by Crippen LogP contribution is -2.39. The Morgan fingerprint density at radius 1 is 1.10 bits per heavy atom. The molecule has 6 rings (SSSR count). The van der Waals surface area contributed by atoms with Crippen LogP contribution >= 0.6 is 0 Å². The van der Waals surface area contributed by atoms with Crippen molar-refractivity contribution in [3.05, 3.63) is 90.3 Å². The molecule has 5 aromatic rings. The maximum absolute atomic E-state index is 13.7. The highest BCUT2D eigenvalue weighted by Crippen LogP contribution is 2.33. The zero-order valence-corrected chi connectivity index (χ0v) is 22.2. The summed E-state index contributed by atoms with van der Waals surface area (Å²) >= 11 is 0. The SMILES string of the molecule is CC(C)(C)OC(=O)N1CC=C(c2cc3c(-c4ccc5ncn(Cc6cccc(F)c6)c5c4)ccnc3[nH]2)CC1. The molecular formula is C31H30FN5O2. The number of carbonyl (C=O) groups is 1. The minimum Gasteiger partial charge on any atom is -0.444 e. The van der Waals surface area contributed by atoms with Gasteiger partial charge in [0.15, 0.2) is 0 Å². The number of H-pyrrole nitrogens is 1. The van der Waals surface area contributed by atoms with Gasteiger partial charge in [0.25, 0.3) is 0 Å². The van der Waals surface area contributed by atoms with E-state index in [1.807, 2.05) is 49.7 Å². The Hall–Kier alpha value is -4.46. The number of benzene rings is 2. The molecule has 8 heteroatoms. The number of rotatable bonds is 4. The third kappa shape index (κ3) is 5.14. The van der Waals surface area contributed by atoms with Gasteiger partial charge >= 0.3 is 6.09 Å². The molecule has 39 heavy (non-hydrogen) atoms. The van der Waals surface area contributed by atoms with E-state index in [9.17, 15) is 9.18 Å². The smallest absolute Gasteiger partial charge is 0.410 e. The topological polar surface area (TPSA) is 76.0 Å². The van der Waals surface area contributed by atoms with Gasteiger partial charge in [-0.1, -0.05) is 24.3 Å². The Bertz CT molecular complexity index is 1730.